The Morgan fingerprint density at radius 3 is 2.80 bits per heavy atom. The summed E-state index contributed by atoms with van der Waals surface area (Å²) in [5, 5.41) is 9.58. The lowest BCUT2D eigenvalue weighted by molar-refractivity contribution is 0.0697. The van der Waals surface area contributed by atoms with Gasteiger partial charge in [-0.2, -0.15) is 0 Å². The molecule has 0 radical (unpaired) electrons. The van der Waals surface area contributed by atoms with Gasteiger partial charge in [0.2, 0.25) is 0 Å². The third-order valence-corrected chi connectivity index (χ3v) is 5.19. The molecule has 0 saturated heterocycles. The standard InChI is InChI=1S/C22H15FN4O3/c23-17-10-13(1-4-19(17)26-8-6-24-12-26)9-14-5-7-27-20(14)25-18-11-15(22(29)30)2-3-16(18)21(27)28/h1-4,6,8-12H,5,7H2,(H,29,30). The molecule has 1 aliphatic rings. The van der Waals surface area contributed by atoms with E-state index >= 15 is 0 Å². The second kappa shape index (κ2) is 6.77. The summed E-state index contributed by atoms with van der Waals surface area (Å²) in [5.41, 5.74) is 2.03. The minimum Gasteiger partial charge on any atom is -0.478 e. The lowest BCUT2D eigenvalue weighted by atomic mass is 10.1. The number of benzene rings is 2. The van der Waals surface area contributed by atoms with Gasteiger partial charge in [-0.05, 0) is 54.0 Å². The van der Waals surface area contributed by atoms with Gasteiger partial charge in [-0.3, -0.25) is 9.36 Å². The van der Waals surface area contributed by atoms with E-state index in [1.165, 1.54) is 30.6 Å². The third-order valence-electron chi connectivity index (χ3n) is 5.19. The molecule has 30 heavy (non-hydrogen) atoms. The monoisotopic (exact) mass is 402 g/mol. The molecule has 3 heterocycles. The quantitative estimate of drug-likeness (QED) is 0.568. The van der Waals surface area contributed by atoms with E-state index in [1.807, 2.05) is 0 Å². The van der Waals surface area contributed by atoms with Crippen LogP contribution in [0.3, 0.4) is 0 Å². The van der Waals surface area contributed by atoms with Crippen LogP contribution in [0, 0.1) is 5.82 Å². The first kappa shape index (κ1) is 18.0. The lowest BCUT2D eigenvalue weighted by Gasteiger charge is -2.07. The van der Waals surface area contributed by atoms with Crippen LogP contribution in [-0.2, 0) is 6.54 Å². The fraction of sp³-hybridized carbons (Fsp3) is 0.0909. The summed E-state index contributed by atoms with van der Waals surface area (Å²) in [7, 11) is 0. The number of halogens is 1. The molecule has 0 spiro atoms. The van der Waals surface area contributed by atoms with Gasteiger partial charge in [0.1, 0.15) is 11.6 Å². The molecule has 0 amide bonds. The van der Waals surface area contributed by atoms with Crippen molar-refractivity contribution >= 4 is 28.5 Å². The number of fused-ring (bicyclic) bond motifs is 2. The number of rotatable bonds is 3. The van der Waals surface area contributed by atoms with Crippen LogP contribution in [0.2, 0.25) is 0 Å². The Hall–Kier alpha value is -4.07. The third kappa shape index (κ3) is 2.89. The highest BCUT2D eigenvalue weighted by Crippen LogP contribution is 2.28. The van der Waals surface area contributed by atoms with Crippen molar-refractivity contribution in [3.05, 3.63) is 88.2 Å². The molecule has 7 nitrogen and oxygen atoms in total. The Morgan fingerprint density at radius 2 is 2.07 bits per heavy atom. The number of hydrogen-bond acceptors (Lipinski definition) is 4. The van der Waals surface area contributed by atoms with E-state index in [-0.39, 0.29) is 11.1 Å². The second-order valence-corrected chi connectivity index (χ2v) is 7.03. The first-order valence-electron chi connectivity index (χ1n) is 9.28. The molecule has 1 N–H and O–H groups in total. The molecule has 1 aliphatic heterocycles. The maximum Gasteiger partial charge on any atom is 0.335 e. The zero-order chi connectivity index (χ0) is 20.8. The van der Waals surface area contributed by atoms with Crippen molar-refractivity contribution in [2.24, 2.45) is 0 Å². The maximum atomic E-state index is 14.6. The van der Waals surface area contributed by atoms with Gasteiger partial charge in [-0.25, -0.2) is 19.2 Å². The summed E-state index contributed by atoms with van der Waals surface area (Å²) in [4.78, 5) is 32.5. The van der Waals surface area contributed by atoms with Crippen LogP contribution < -0.4 is 5.56 Å². The fourth-order valence-corrected chi connectivity index (χ4v) is 3.71. The molecule has 5 rings (SSSR count). The molecule has 2 aromatic heterocycles. The molecular formula is C22H15FN4O3. The topological polar surface area (TPSA) is 90.0 Å². The van der Waals surface area contributed by atoms with E-state index in [2.05, 4.69) is 9.97 Å². The number of allylic oxidation sites excluding steroid dienone is 1. The van der Waals surface area contributed by atoms with Gasteiger partial charge in [0.15, 0.2) is 0 Å². The minimum atomic E-state index is -1.08. The second-order valence-electron chi connectivity index (χ2n) is 7.03. The Labute approximate surface area is 169 Å². The van der Waals surface area contributed by atoms with Gasteiger partial charge in [-0.15, -0.1) is 0 Å². The number of aromatic nitrogens is 4. The molecule has 0 unspecified atom stereocenters. The normalized spacial score (nSPS) is 14.4. The minimum absolute atomic E-state index is 0.0695. The zero-order valence-electron chi connectivity index (χ0n) is 15.6. The van der Waals surface area contributed by atoms with Crippen LogP contribution in [0.15, 0.2) is 59.9 Å². The summed E-state index contributed by atoms with van der Waals surface area (Å²) in [6, 6.07) is 9.17. The number of imidazole rings is 1. The first-order valence-corrected chi connectivity index (χ1v) is 9.28. The van der Waals surface area contributed by atoms with Gasteiger partial charge < -0.3 is 9.67 Å². The molecule has 0 aliphatic carbocycles. The van der Waals surface area contributed by atoms with Gasteiger partial charge in [0.25, 0.3) is 5.56 Å². The molecule has 4 aromatic rings. The Morgan fingerprint density at radius 1 is 1.20 bits per heavy atom. The first-order chi connectivity index (χ1) is 14.5. The van der Waals surface area contributed by atoms with Crippen LogP contribution in [-0.4, -0.2) is 30.2 Å². The van der Waals surface area contributed by atoms with E-state index in [4.69, 9.17) is 0 Å². The highest BCUT2D eigenvalue weighted by molar-refractivity contribution is 5.93. The van der Waals surface area contributed by atoms with Crippen LogP contribution in [0.1, 0.15) is 28.2 Å². The molecule has 148 valence electrons. The number of nitrogens with zero attached hydrogens (tertiary/aromatic N) is 4. The fourth-order valence-electron chi connectivity index (χ4n) is 3.71. The predicted molar refractivity (Wildman–Crippen MR) is 109 cm³/mol. The van der Waals surface area contributed by atoms with E-state index in [0.29, 0.717) is 40.9 Å². The van der Waals surface area contributed by atoms with Crippen molar-refractivity contribution in [2.75, 3.05) is 0 Å². The van der Waals surface area contributed by atoms with Crippen molar-refractivity contribution in [1.29, 1.82) is 0 Å². The molecular weight excluding hydrogens is 387 g/mol. The van der Waals surface area contributed by atoms with Crippen molar-refractivity contribution in [1.82, 2.24) is 19.1 Å². The largest absolute Gasteiger partial charge is 0.478 e. The Bertz CT molecular complexity index is 1400. The maximum absolute atomic E-state index is 14.6. The van der Waals surface area contributed by atoms with Crippen LogP contribution >= 0.6 is 0 Å². The van der Waals surface area contributed by atoms with Crippen molar-refractivity contribution in [3.8, 4) is 5.69 Å². The lowest BCUT2D eigenvalue weighted by Crippen LogP contribution is -2.21. The SMILES string of the molecule is O=C(O)c1ccc2c(=O)n3c(nc2c1)C(=Cc1ccc(-n2ccnc2)c(F)c1)CC3. The molecule has 0 fully saturated rings. The molecule has 0 saturated carbocycles. The Kier molecular flexibility index (Phi) is 4.06. The molecule has 2 aromatic carbocycles. The van der Waals surface area contributed by atoms with Crippen molar-refractivity contribution in [3.63, 3.8) is 0 Å². The van der Waals surface area contributed by atoms with Gasteiger partial charge in [0.05, 0.1) is 28.5 Å². The van der Waals surface area contributed by atoms with E-state index in [1.54, 1.807) is 39.7 Å². The van der Waals surface area contributed by atoms with Gasteiger partial charge in [0, 0.05) is 18.9 Å². The number of carbonyl (C=O) groups is 1. The van der Waals surface area contributed by atoms with Crippen LogP contribution in [0.25, 0.3) is 28.2 Å². The highest BCUT2D eigenvalue weighted by atomic mass is 19.1. The Balaban J connectivity index is 1.59. The summed E-state index contributed by atoms with van der Waals surface area (Å²) in [5.74, 6) is -0.993. The summed E-state index contributed by atoms with van der Waals surface area (Å²) < 4.78 is 17.7. The van der Waals surface area contributed by atoms with E-state index in [0.717, 1.165) is 5.57 Å². The highest BCUT2D eigenvalue weighted by Gasteiger charge is 2.21. The van der Waals surface area contributed by atoms with Gasteiger partial charge in [-0.1, -0.05) is 6.07 Å². The number of carboxylic acid groups (broad SMARTS) is 1. The van der Waals surface area contributed by atoms with Crippen molar-refractivity contribution in [2.45, 2.75) is 13.0 Å². The molecule has 8 heteroatoms. The van der Waals surface area contributed by atoms with Crippen LogP contribution in [0.5, 0.6) is 0 Å². The number of carboxylic acids is 1. The summed E-state index contributed by atoms with van der Waals surface area (Å²) in [6.45, 7) is 0.471. The summed E-state index contributed by atoms with van der Waals surface area (Å²) >= 11 is 0. The number of hydrogen-bond donors (Lipinski definition) is 1. The van der Waals surface area contributed by atoms with Gasteiger partial charge >= 0.3 is 5.97 Å². The van der Waals surface area contributed by atoms with E-state index < -0.39 is 11.8 Å². The van der Waals surface area contributed by atoms with Crippen molar-refractivity contribution < 1.29 is 14.3 Å². The predicted octanol–water partition coefficient (Wildman–Crippen LogP) is 3.36. The number of aromatic carboxylic acids is 1. The zero-order valence-corrected chi connectivity index (χ0v) is 15.6. The molecule has 0 bridgehead atoms. The smallest absolute Gasteiger partial charge is 0.335 e. The molecule has 0 atom stereocenters. The van der Waals surface area contributed by atoms with E-state index in [9.17, 15) is 19.1 Å². The van der Waals surface area contributed by atoms with Crippen LogP contribution in [0.4, 0.5) is 4.39 Å². The average molecular weight is 402 g/mol. The summed E-state index contributed by atoms with van der Waals surface area (Å²) in [6.07, 6.45) is 7.15. The average Bonchev–Trinajstić information content (AvgIpc) is 3.39.